The molecule has 0 fully saturated rings. The number of rotatable bonds is 8. The van der Waals surface area contributed by atoms with E-state index in [1.165, 1.54) is 12.7 Å². The molecule has 1 aromatic heterocycles. The van der Waals surface area contributed by atoms with Crippen LogP contribution in [0.5, 0.6) is 23.1 Å². The number of aromatic nitrogens is 1. The Morgan fingerprint density at radius 1 is 0.971 bits per heavy atom. The van der Waals surface area contributed by atoms with Crippen molar-refractivity contribution in [1.29, 1.82) is 0 Å². The number of nitrogens with one attached hydrogen (secondary N) is 1. The number of nitrogens with zero attached hydrogens (tertiary/aromatic N) is 1. The van der Waals surface area contributed by atoms with E-state index in [2.05, 4.69) is 36.3 Å². The number of benzene rings is 3. The van der Waals surface area contributed by atoms with Crippen molar-refractivity contribution >= 4 is 23.0 Å². The minimum atomic E-state index is -0.673. The third-order valence-corrected chi connectivity index (χ3v) is 5.98. The summed E-state index contributed by atoms with van der Waals surface area (Å²) in [5.74, 6) is 0.347. The molecule has 0 radical (unpaired) electrons. The van der Waals surface area contributed by atoms with E-state index in [-0.39, 0.29) is 29.3 Å². The molecular weight excluding hydrogens is 444 g/mol. The Kier molecular flexibility index (Phi) is 6.68. The van der Waals surface area contributed by atoms with Gasteiger partial charge in [0.1, 0.15) is 17.8 Å². The summed E-state index contributed by atoms with van der Waals surface area (Å²) in [5.41, 5.74) is 2.00. The Balaban J connectivity index is 1.61. The van der Waals surface area contributed by atoms with Gasteiger partial charge in [0.25, 0.3) is 5.91 Å². The second kappa shape index (κ2) is 9.85. The highest BCUT2D eigenvalue weighted by atomic mass is 16.5. The van der Waals surface area contributed by atoms with Crippen LogP contribution >= 0.6 is 0 Å². The minimum Gasteiger partial charge on any atom is -0.505 e. The Morgan fingerprint density at radius 2 is 1.63 bits per heavy atom. The van der Waals surface area contributed by atoms with Gasteiger partial charge >= 0.3 is 0 Å². The number of ether oxygens (including phenoxy) is 2. The Morgan fingerprint density at radius 3 is 2.29 bits per heavy atom. The molecule has 0 aliphatic rings. The molecule has 0 unspecified atom stereocenters. The first-order valence-corrected chi connectivity index (χ1v) is 11.1. The third kappa shape index (κ3) is 4.80. The fraction of sp³-hybridized carbons (Fsp3) is 0.179. The van der Waals surface area contributed by atoms with Crippen LogP contribution in [0, 0.1) is 0 Å². The fourth-order valence-electron chi connectivity index (χ4n) is 3.94. The summed E-state index contributed by atoms with van der Waals surface area (Å²) in [6.45, 7) is 4.18. The fourth-order valence-corrected chi connectivity index (χ4v) is 3.94. The second-order valence-electron chi connectivity index (χ2n) is 8.52. The van der Waals surface area contributed by atoms with E-state index in [4.69, 9.17) is 9.47 Å². The Bertz CT molecular complexity index is 1370. The van der Waals surface area contributed by atoms with Crippen molar-refractivity contribution < 1.29 is 24.2 Å². The molecule has 2 N–H and O–H groups in total. The first-order chi connectivity index (χ1) is 16.8. The summed E-state index contributed by atoms with van der Waals surface area (Å²) >= 11 is 0. The molecule has 0 saturated carbocycles. The van der Waals surface area contributed by atoms with Crippen LogP contribution in [0.3, 0.4) is 0 Å². The van der Waals surface area contributed by atoms with Crippen LogP contribution in [-0.4, -0.2) is 35.9 Å². The lowest BCUT2D eigenvalue weighted by molar-refractivity contribution is -0.107. The van der Waals surface area contributed by atoms with Crippen molar-refractivity contribution in [2.75, 3.05) is 13.7 Å². The van der Waals surface area contributed by atoms with Crippen molar-refractivity contribution in [3.8, 4) is 23.1 Å². The normalized spacial score (nSPS) is 11.2. The van der Waals surface area contributed by atoms with E-state index in [9.17, 15) is 14.7 Å². The highest BCUT2D eigenvalue weighted by Gasteiger charge is 2.23. The molecule has 0 saturated heterocycles. The standard InChI is InChI=1S/C28H26N2O5/c1-28(2,18-7-5-4-6-8-18)19-9-11-20(12-10-19)35-21-13-14-22-23(17-21)27(34-3)30-24(25(22)32)26(33)29-15-16-31/h4-14,16-17,32H,15H2,1-3H3,(H,29,33). The number of methoxy groups -OCH3 is 1. The van der Waals surface area contributed by atoms with Gasteiger partial charge in [0, 0.05) is 10.8 Å². The molecule has 0 spiro atoms. The molecule has 7 heteroatoms. The van der Waals surface area contributed by atoms with Gasteiger partial charge in [-0.05, 0) is 41.5 Å². The Labute approximate surface area is 203 Å². The summed E-state index contributed by atoms with van der Waals surface area (Å²) < 4.78 is 11.4. The predicted octanol–water partition coefficient (Wildman–Crippen LogP) is 5.00. The lowest BCUT2D eigenvalue weighted by atomic mass is 9.78. The van der Waals surface area contributed by atoms with E-state index < -0.39 is 5.91 Å². The predicted molar refractivity (Wildman–Crippen MR) is 133 cm³/mol. The second-order valence-corrected chi connectivity index (χ2v) is 8.52. The number of fused-ring (bicyclic) bond motifs is 1. The van der Waals surface area contributed by atoms with Gasteiger partial charge in [0.15, 0.2) is 11.4 Å². The van der Waals surface area contributed by atoms with Crippen molar-refractivity contribution in [2.45, 2.75) is 19.3 Å². The maximum Gasteiger partial charge on any atom is 0.274 e. The quantitative estimate of drug-likeness (QED) is 0.352. The van der Waals surface area contributed by atoms with Crippen LogP contribution in [0.4, 0.5) is 0 Å². The van der Waals surface area contributed by atoms with Gasteiger partial charge in [-0.3, -0.25) is 4.79 Å². The summed E-state index contributed by atoms with van der Waals surface area (Å²) in [4.78, 5) is 26.9. The van der Waals surface area contributed by atoms with Crippen molar-refractivity contribution in [3.63, 3.8) is 0 Å². The van der Waals surface area contributed by atoms with E-state index in [1.54, 1.807) is 18.2 Å². The van der Waals surface area contributed by atoms with Crippen LogP contribution in [0.15, 0.2) is 72.8 Å². The number of aromatic hydroxyl groups is 1. The van der Waals surface area contributed by atoms with Crippen LogP contribution in [0.1, 0.15) is 35.5 Å². The highest BCUT2D eigenvalue weighted by molar-refractivity contribution is 6.04. The molecule has 0 bridgehead atoms. The number of amides is 1. The third-order valence-electron chi connectivity index (χ3n) is 5.98. The SMILES string of the molecule is COc1nc(C(=O)NCC=O)c(O)c2ccc(Oc3ccc(C(C)(C)c4ccccc4)cc3)cc12. The summed E-state index contributed by atoms with van der Waals surface area (Å²) in [7, 11) is 1.42. The number of carbonyl (C=O) groups is 2. The van der Waals surface area contributed by atoms with Crippen LogP contribution in [0.2, 0.25) is 0 Å². The van der Waals surface area contributed by atoms with Crippen LogP contribution < -0.4 is 14.8 Å². The molecule has 178 valence electrons. The number of pyridine rings is 1. The summed E-state index contributed by atoms with van der Waals surface area (Å²) in [6.07, 6.45) is 0.548. The zero-order valence-corrected chi connectivity index (χ0v) is 19.7. The van der Waals surface area contributed by atoms with Gasteiger partial charge in [0.05, 0.1) is 19.0 Å². The largest absolute Gasteiger partial charge is 0.505 e. The molecule has 0 aliphatic heterocycles. The number of carbonyl (C=O) groups excluding carboxylic acids is 2. The summed E-state index contributed by atoms with van der Waals surface area (Å²) in [5, 5.41) is 13.8. The van der Waals surface area contributed by atoms with Crippen LogP contribution in [0.25, 0.3) is 10.8 Å². The first-order valence-electron chi connectivity index (χ1n) is 11.1. The van der Waals surface area contributed by atoms with E-state index in [0.29, 0.717) is 28.6 Å². The molecule has 4 aromatic rings. The number of hydrogen-bond acceptors (Lipinski definition) is 6. The molecular formula is C28H26N2O5. The minimum absolute atomic E-state index is 0.152. The monoisotopic (exact) mass is 470 g/mol. The van der Waals surface area contributed by atoms with Crippen molar-refractivity contribution in [2.24, 2.45) is 0 Å². The van der Waals surface area contributed by atoms with Gasteiger partial charge in [-0.2, -0.15) is 0 Å². The van der Waals surface area contributed by atoms with Gasteiger partial charge in [0.2, 0.25) is 5.88 Å². The van der Waals surface area contributed by atoms with Gasteiger partial charge in [-0.25, -0.2) is 4.98 Å². The molecule has 1 amide bonds. The van der Waals surface area contributed by atoms with E-state index >= 15 is 0 Å². The first kappa shape index (κ1) is 23.8. The molecule has 35 heavy (non-hydrogen) atoms. The lowest BCUT2D eigenvalue weighted by Crippen LogP contribution is -2.26. The maximum atomic E-state index is 12.3. The van der Waals surface area contributed by atoms with Gasteiger partial charge in [-0.15, -0.1) is 0 Å². The molecule has 4 rings (SSSR count). The van der Waals surface area contributed by atoms with Crippen molar-refractivity contribution in [3.05, 3.63) is 89.6 Å². The Hall–Kier alpha value is -4.39. The molecule has 3 aromatic carbocycles. The van der Waals surface area contributed by atoms with Gasteiger partial charge in [-0.1, -0.05) is 56.3 Å². The maximum absolute atomic E-state index is 12.3. The average Bonchev–Trinajstić information content (AvgIpc) is 2.88. The number of hydrogen-bond donors (Lipinski definition) is 2. The van der Waals surface area contributed by atoms with Gasteiger partial charge < -0.3 is 24.7 Å². The topological polar surface area (TPSA) is 97.8 Å². The van der Waals surface area contributed by atoms with E-state index in [0.717, 1.165) is 5.56 Å². The summed E-state index contributed by atoms with van der Waals surface area (Å²) in [6, 6.07) is 23.2. The zero-order valence-electron chi connectivity index (χ0n) is 19.7. The highest BCUT2D eigenvalue weighted by Crippen LogP contribution is 2.37. The molecule has 1 heterocycles. The smallest absolute Gasteiger partial charge is 0.274 e. The molecule has 0 aliphatic carbocycles. The van der Waals surface area contributed by atoms with E-state index in [1.807, 2.05) is 42.5 Å². The van der Waals surface area contributed by atoms with Crippen molar-refractivity contribution in [1.82, 2.24) is 10.3 Å². The molecule has 7 nitrogen and oxygen atoms in total. The lowest BCUT2D eigenvalue weighted by Gasteiger charge is -2.26. The van der Waals surface area contributed by atoms with Crippen LogP contribution in [-0.2, 0) is 10.2 Å². The average molecular weight is 471 g/mol. The molecule has 0 atom stereocenters. The zero-order chi connectivity index (χ0) is 25.0. The number of aldehydes is 1.